The van der Waals surface area contributed by atoms with E-state index in [0.717, 1.165) is 13.1 Å². The fraction of sp³-hybridized carbons (Fsp3) is 0.167. The van der Waals surface area contributed by atoms with Gasteiger partial charge in [-0.2, -0.15) is 0 Å². The van der Waals surface area contributed by atoms with Crippen LogP contribution in [0.2, 0.25) is 0 Å². The van der Waals surface area contributed by atoms with E-state index in [4.69, 9.17) is 0 Å². The lowest BCUT2D eigenvalue weighted by Crippen LogP contribution is -3.00. The van der Waals surface area contributed by atoms with Gasteiger partial charge in [-0.25, -0.2) is 0 Å². The largest absolute Gasteiger partial charge is 1.00 e. The van der Waals surface area contributed by atoms with Crippen molar-refractivity contribution < 1.29 is 12.4 Å². The molecule has 1 N–H and O–H groups in total. The van der Waals surface area contributed by atoms with Crippen LogP contribution in [0.15, 0.2) is 49.1 Å². The summed E-state index contributed by atoms with van der Waals surface area (Å²) in [6, 6.07) is 8.05. The topological polar surface area (TPSA) is 37.8 Å². The van der Waals surface area contributed by atoms with Crippen molar-refractivity contribution in [1.82, 2.24) is 15.3 Å². The number of hydrogen-bond donors (Lipinski definition) is 1. The average molecular weight is 235 g/mol. The molecule has 0 spiro atoms. The maximum atomic E-state index is 3.98. The summed E-state index contributed by atoms with van der Waals surface area (Å²) >= 11 is 0. The second-order valence-corrected chi connectivity index (χ2v) is 3.31. The third-order valence-electron chi connectivity index (χ3n) is 2.16. The molecule has 0 aliphatic heterocycles. The van der Waals surface area contributed by atoms with Gasteiger partial charge in [-0.15, -0.1) is 0 Å². The number of nitrogens with zero attached hydrogens (tertiary/aromatic N) is 2. The van der Waals surface area contributed by atoms with Gasteiger partial charge in [0.05, 0.1) is 0 Å². The van der Waals surface area contributed by atoms with E-state index in [0.29, 0.717) is 0 Å². The highest BCUT2D eigenvalue weighted by Crippen LogP contribution is 1.98. The molecule has 0 fully saturated rings. The van der Waals surface area contributed by atoms with Gasteiger partial charge in [0, 0.05) is 37.9 Å². The summed E-state index contributed by atoms with van der Waals surface area (Å²) in [4.78, 5) is 7.95. The van der Waals surface area contributed by atoms with Crippen LogP contribution in [0.5, 0.6) is 0 Å². The first-order valence-corrected chi connectivity index (χ1v) is 4.94. The summed E-state index contributed by atoms with van der Waals surface area (Å²) in [5.41, 5.74) is 2.50. The third kappa shape index (κ3) is 3.96. The van der Waals surface area contributed by atoms with Gasteiger partial charge in [0.1, 0.15) is 0 Å². The quantitative estimate of drug-likeness (QED) is 0.720. The first-order valence-electron chi connectivity index (χ1n) is 4.94. The van der Waals surface area contributed by atoms with Crippen LogP contribution < -0.4 is 17.7 Å². The molecular formula is C12H13ClN3-. The second-order valence-electron chi connectivity index (χ2n) is 3.31. The summed E-state index contributed by atoms with van der Waals surface area (Å²) in [6.45, 7) is 1.73. The van der Waals surface area contributed by atoms with E-state index < -0.39 is 0 Å². The molecule has 0 radical (unpaired) electrons. The van der Waals surface area contributed by atoms with Crippen molar-refractivity contribution in [2.24, 2.45) is 0 Å². The molecule has 0 saturated heterocycles. The number of halogens is 1. The fourth-order valence-corrected chi connectivity index (χ4v) is 1.35. The minimum Gasteiger partial charge on any atom is -1.00 e. The van der Waals surface area contributed by atoms with Gasteiger partial charge < -0.3 is 17.7 Å². The number of nitrogens with one attached hydrogen (secondary N) is 1. The van der Waals surface area contributed by atoms with E-state index in [2.05, 4.69) is 15.3 Å². The molecule has 2 rings (SSSR count). The lowest BCUT2D eigenvalue weighted by molar-refractivity contribution is -0.00000320. The van der Waals surface area contributed by atoms with Crippen LogP contribution in [0, 0.1) is 0 Å². The summed E-state index contributed by atoms with van der Waals surface area (Å²) in [5, 5.41) is 3.36. The lowest BCUT2D eigenvalue weighted by Gasteiger charge is -2.04. The average Bonchev–Trinajstić information content (AvgIpc) is 2.32. The monoisotopic (exact) mass is 234 g/mol. The van der Waals surface area contributed by atoms with E-state index in [1.165, 1.54) is 11.1 Å². The van der Waals surface area contributed by atoms with Crippen LogP contribution in [-0.4, -0.2) is 9.97 Å². The van der Waals surface area contributed by atoms with E-state index in [-0.39, 0.29) is 12.4 Å². The Morgan fingerprint density at radius 2 is 1.12 bits per heavy atom. The Bertz CT molecular complexity index is 352. The van der Waals surface area contributed by atoms with Crippen LogP contribution in [0.1, 0.15) is 11.1 Å². The van der Waals surface area contributed by atoms with E-state index in [1.54, 1.807) is 0 Å². The molecule has 0 unspecified atom stereocenters. The maximum absolute atomic E-state index is 3.98. The van der Waals surface area contributed by atoms with Crippen molar-refractivity contribution in [2.75, 3.05) is 0 Å². The molecule has 4 heteroatoms. The van der Waals surface area contributed by atoms with Crippen LogP contribution >= 0.6 is 0 Å². The molecule has 0 saturated carbocycles. The fourth-order valence-electron chi connectivity index (χ4n) is 1.35. The van der Waals surface area contributed by atoms with E-state index in [9.17, 15) is 0 Å². The summed E-state index contributed by atoms with van der Waals surface area (Å²) in [5.74, 6) is 0. The summed E-state index contributed by atoms with van der Waals surface area (Å²) in [7, 11) is 0. The molecule has 0 bridgehead atoms. The van der Waals surface area contributed by atoms with Crippen molar-refractivity contribution in [3.05, 3.63) is 60.2 Å². The minimum absolute atomic E-state index is 0. The molecule has 2 aromatic rings. The van der Waals surface area contributed by atoms with Crippen LogP contribution in [0.25, 0.3) is 0 Å². The van der Waals surface area contributed by atoms with Crippen molar-refractivity contribution >= 4 is 0 Å². The highest BCUT2D eigenvalue weighted by molar-refractivity contribution is 5.11. The summed E-state index contributed by atoms with van der Waals surface area (Å²) in [6.07, 6.45) is 7.24. The predicted octanol–water partition coefficient (Wildman–Crippen LogP) is -1.23. The molecule has 0 amide bonds. The number of aromatic nitrogens is 2. The van der Waals surface area contributed by atoms with Crippen molar-refractivity contribution in [2.45, 2.75) is 13.1 Å². The van der Waals surface area contributed by atoms with Crippen LogP contribution in [0.3, 0.4) is 0 Å². The highest BCUT2D eigenvalue weighted by atomic mass is 35.5. The van der Waals surface area contributed by atoms with Gasteiger partial charge in [0.2, 0.25) is 0 Å². The normalized spacial score (nSPS) is 9.50. The first-order chi connectivity index (χ1) is 7.45. The Morgan fingerprint density at radius 3 is 1.50 bits per heavy atom. The zero-order valence-corrected chi connectivity index (χ0v) is 9.56. The van der Waals surface area contributed by atoms with Gasteiger partial charge in [0.15, 0.2) is 0 Å². The van der Waals surface area contributed by atoms with Crippen LogP contribution in [-0.2, 0) is 13.1 Å². The minimum atomic E-state index is 0. The lowest BCUT2D eigenvalue weighted by atomic mass is 10.2. The maximum Gasteiger partial charge on any atom is 0.0271 e. The standard InChI is InChI=1S/C12H13N3.ClH/c1-5-13-6-2-11(1)9-15-10-12-3-7-14-8-4-12;/h1-8,15H,9-10H2;1H/p-1. The van der Waals surface area contributed by atoms with Gasteiger partial charge in [-0.3, -0.25) is 9.97 Å². The molecule has 0 aromatic carbocycles. The predicted molar refractivity (Wildman–Crippen MR) is 59.0 cm³/mol. The smallest absolute Gasteiger partial charge is 0.0271 e. The molecule has 3 nitrogen and oxygen atoms in total. The Balaban J connectivity index is 0.00000128. The molecule has 0 aliphatic rings. The zero-order valence-electron chi connectivity index (χ0n) is 8.81. The van der Waals surface area contributed by atoms with Crippen molar-refractivity contribution in [3.63, 3.8) is 0 Å². The van der Waals surface area contributed by atoms with Gasteiger partial charge in [0.25, 0.3) is 0 Å². The Morgan fingerprint density at radius 1 is 0.750 bits per heavy atom. The second kappa shape index (κ2) is 6.93. The number of rotatable bonds is 4. The Kier molecular flexibility index (Phi) is 5.46. The van der Waals surface area contributed by atoms with Gasteiger partial charge in [-0.1, -0.05) is 0 Å². The molecule has 0 atom stereocenters. The number of pyridine rings is 2. The highest BCUT2D eigenvalue weighted by Gasteiger charge is 1.92. The molecule has 2 aromatic heterocycles. The van der Waals surface area contributed by atoms with Crippen LogP contribution in [0.4, 0.5) is 0 Å². The summed E-state index contributed by atoms with van der Waals surface area (Å²) < 4.78 is 0. The van der Waals surface area contributed by atoms with Crippen molar-refractivity contribution in [1.29, 1.82) is 0 Å². The Hall–Kier alpha value is -1.45. The third-order valence-corrected chi connectivity index (χ3v) is 2.16. The van der Waals surface area contributed by atoms with Gasteiger partial charge in [-0.05, 0) is 35.4 Å². The molecular weight excluding hydrogens is 222 g/mol. The molecule has 84 valence electrons. The molecule has 2 heterocycles. The molecule has 16 heavy (non-hydrogen) atoms. The molecule has 0 aliphatic carbocycles. The SMILES string of the molecule is [Cl-].c1cc(CNCc2ccncc2)ccn1. The number of hydrogen-bond acceptors (Lipinski definition) is 3. The first kappa shape index (κ1) is 12.6. The Labute approximate surface area is 101 Å². The van der Waals surface area contributed by atoms with Gasteiger partial charge >= 0.3 is 0 Å². The van der Waals surface area contributed by atoms with E-state index in [1.807, 2.05) is 49.1 Å². The van der Waals surface area contributed by atoms with E-state index >= 15 is 0 Å². The zero-order chi connectivity index (χ0) is 10.3. The van der Waals surface area contributed by atoms with Crippen molar-refractivity contribution in [3.8, 4) is 0 Å².